The Labute approximate surface area is 182 Å². The standard InChI is InChI=1S/C22H20N6O2S/c23-17-16-20(27-22(26-15-7-8-15)28-21(16)31-18(17)19(24)29)30-11-12-3-5-13(6-4-12)14-2-1-9-25-10-14/h1-6,9-10,15H,7-8,11,23H2,(H2,24,29)(H,26,27,28). The van der Waals surface area contributed by atoms with Gasteiger partial charge in [-0.1, -0.05) is 30.3 Å². The van der Waals surface area contributed by atoms with E-state index in [-0.39, 0.29) is 10.6 Å². The molecule has 4 aromatic rings. The van der Waals surface area contributed by atoms with Gasteiger partial charge in [0.2, 0.25) is 11.8 Å². The number of pyridine rings is 1. The van der Waals surface area contributed by atoms with E-state index in [2.05, 4.69) is 20.3 Å². The Balaban J connectivity index is 1.42. The molecule has 1 aromatic carbocycles. The third-order valence-electron chi connectivity index (χ3n) is 5.01. The maximum absolute atomic E-state index is 11.7. The lowest BCUT2D eigenvalue weighted by Gasteiger charge is -2.10. The Morgan fingerprint density at radius 2 is 1.97 bits per heavy atom. The Morgan fingerprint density at radius 1 is 1.16 bits per heavy atom. The van der Waals surface area contributed by atoms with Crippen LogP contribution in [0.15, 0.2) is 48.8 Å². The number of nitrogens with one attached hydrogen (secondary N) is 1. The van der Waals surface area contributed by atoms with Crippen molar-refractivity contribution in [3.63, 3.8) is 0 Å². The van der Waals surface area contributed by atoms with Crippen molar-refractivity contribution in [3.05, 3.63) is 59.2 Å². The van der Waals surface area contributed by atoms with Gasteiger partial charge in [-0.05, 0) is 35.6 Å². The van der Waals surface area contributed by atoms with E-state index in [9.17, 15) is 4.79 Å². The summed E-state index contributed by atoms with van der Waals surface area (Å²) in [5.74, 6) is 0.217. The number of nitrogens with two attached hydrogens (primary N) is 2. The number of primary amides is 1. The minimum atomic E-state index is -0.589. The van der Waals surface area contributed by atoms with Crippen molar-refractivity contribution in [1.29, 1.82) is 0 Å². The minimum absolute atomic E-state index is 0.257. The number of hydrogen-bond acceptors (Lipinski definition) is 8. The third kappa shape index (κ3) is 3.99. The van der Waals surface area contributed by atoms with Crippen molar-refractivity contribution in [3.8, 4) is 17.0 Å². The number of carbonyl (C=O) groups is 1. The highest BCUT2D eigenvalue weighted by Crippen LogP contribution is 2.39. The molecule has 1 amide bonds. The zero-order chi connectivity index (χ0) is 21.4. The zero-order valence-corrected chi connectivity index (χ0v) is 17.4. The quantitative estimate of drug-likeness (QED) is 0.407. The van der Waals surface area contributed by atoms with E-state index >= 15 is 0 Å². The summed E-state index contributed by atoms with van der Waals surface area (Å²) >= 11 is 1.15. The fourth-order valence-corrected chi connectivity index (χ4v) is 4.17. The molecule has 3 aromatic heterocycles. The van der Waals surface area contributed by atoms with E-state index in [0.717, 1.165) is 40.9 Å². The number of amides is 1. The van der Waals surface area contributed by atoms with E-state index < -0.39 is 5.91 Å². The van der Waals surface area contributed by atoms with Gasteiger partial charge in [0.15, 0.2) is 0 Å². The fraction of sp³-hybridized carbons (Fsp3) is 0.182. The maximum atomic E-state index is 11.7. The number of thiophene rings is 1. The number of nitrogens with zero attached hydrogens (tertiary/aromatic N) is 3. The molecule has 156 valence electrons. The summed E-state index contributed by atoms with van der Waals surface area (Å²) in [6, 6.07) is 12.3. The van der Waals surface area contributed by atoms with Gasteiger partial charge in [-0.3, -0.25) is 9.78 Å². The van der Waals surface area contributed by atoms with Crippen molar-refractivity contribution < 1.29 is 9.53 Å². The normalized spacial score (nSPS) is 13.3. The van der Waals surface area contributed by atoms with Crippen LogP contribution in [0.25, 0.3) is 21.3 Å². The molecule has 1 aliphatic carbocycles. The molecular formula is C22H20N6O2S. The van der Waals surface area contributed by atoms with Crippen molar-refractivity contribution in [2.24, 2.45) is 5.73 Å². The molecule has 0 radical (unpaired) electrons. The van der Waals surface area contributed by atoms with Gasteiger partial charge in [0.05, 0.1) is 11.1 Å². The second-order valence-electron chi connectivity index (χ2n) is 7.39. The topological polar surface area (TPSA) is 129 Å². The highest BCUT2D eigenvalue weighted by Gasteiger charge is 2.25. The zero-order valence-electron chi connectivity index (χ0n) is 16.5. The number of hydrogen-bond donors (Lipinski definition) is 3. The Bertz CT molecular complexity index is 1250. The van der Waals surface area contributed by atoms with Gasteiger partial charge >= 0.3 is 0 Å². The highest BCUT2D eigenvalue weighted by atomic mass is 32.1. The lowest BCUT2D eigenvalue weighted by Crippen LogP contribution is -2.11. The van der Waals surface area contributed by atoms with E-state index in [0.29, 0.717) is 34.7 Å². The fourth-order valence-electron chi connectivity index (χ4n) is 3.23. The number of benzene rings is 1. The second kappa shape index (κ2) is 7.84. The monoisotopic (exact) mass is 432 g/mol. The molecule has 31 heavy (non-hydrogen) atoms. The Hall–Kier alpha value is -3.72. The van der Waals surface area contributed by atoms with Crippen LogP contribution in [0.3, 0.4) is 0 Å². The van der Waals surface area contributed by atoms with Crippen molar-refractivity contribution in [2.75, 3.05) is 11.1 Å². The second-order valence-corrected chi connectivity index (χ2v) is 8.39. The number of ether oxygens (including phenoxy) is 1. The molecule has 0 aliphatic heterocycles. The van der Waals surface area contributed by atoms with Crippen LogP contribution in [0.2, 0.25) is 0 Å². The summed E-state index contributed by atoms with van der Waals surface area (Å²) < 4.78 is 6.04. The van der Waals surface area contributed by atoms with Crippen molar-refractivity contribution in [2.45, 2.75) is 25.5 Å². The molecule has 1 saturated carbocycles. The minimum Gasteiger partial charge on any atom is -0.472 e. The number of nitrogen functional groups attached to an aromatic ring is 1. The first-order chi connectivity index (χ1) is 15.1. The Kier molecular flexibility index (Phi) is 4.87. The molecule has 8 nitrogen and oxygen atoms in total. The maximum Gasteiger partial charge on any atom is 0.260 e. The average Bonchev–Trinajstić information content (AvgIpc) is 3.53. The van der Waals surface area contributed by atoms with E-state index in [4.69, 9.17) is 16.2 Å². The average molecular weight is 433 g/mol. The van der Waals surface area contributed by atoms with E-state index in [1.807, 2.05) is 42.6 Å². The summed E-state index contributed by atoms with van der Waals surface area (Å²) in [4.78, 5) is 25.8. The molecule has 5 N–H and O–H groups in total. The van der Waals surface area contributed by atoms with Crippen LogP contribution in [-0.2, 0) is 6.61 Å². The first kappa shape index (κ1) is 19.3. The molecule has 3 heterocycles. The first-order valence-corrected chi connectivity index (χ1v) is 10.7. The van der Waals surface area contributed by atoms with Crippen molar-refractivity contribution in [1.82, 2.24) is 15.0 Å². The van der Waals surface area contributed by atoms with Gasteiger partial charge < -0.3 is 21.5 Å². The molecule has 1 aliphatic rings. The number of carbonyl (C=O) groups excluding carboxylic acids is 1. The summed E-state index contributed by atoms with van der Waals surface area (Å²) in [5, 5.41) is 3.79. The molecule has 0 spiro atoms. The summed E-state index contributed by atoms with van der Waals surface area (Å²) in [5.41, 5.74) is 15.0. The van der Waals surface area contributed by atoms with Gasteiger partial charge in [-0.15, -0.1) is 11.3 Å². The molecule has 9 heteroatoms. The van der Waals surface area contributed by atoms with Crippen LogP contribution in [0, 0.1) is 0 Å². The van der Waals surface area contributed by atoms with Crippen LogP contribution < -0.4 is 21.5 Å². The van der Waals surface area contributed by atoms with Gasteiger partial charge in [0.1, 0.15) is 16.3 Å². The van der Waals surface area contributed by atoms with Gasteiger partial charge in [-0.2, -0.15) is 4.98 Å². The van der Waals surface area contributed by atoms with E-state index in [1.54, 1.807) is 6.20 Å². The van der Waals surface area contributed by atoms with Gasteiger partial charge in [0, 0.05) is 18.4 Å². The largest absolute Gasteiger partial charge is 0.472 e. The van der Waals surface area contributed by atoms with Crippen LogP contribution in [-0.4, -0.2) is 26.9 Å². The number of rotatable bonds is 7. The smallest absolute Gasteiger partial charge is 0.260 e. The summed E-state index contributed by atoms with van der Waals surface area (Å²) in [6.45, 7) is 0.295. The van der Waals surface area contributed by atoms with Crippen LogP contribution in [0.4, 0.5) is 11.6 Å². The number of fused-ring (bicyclic) bond motifs is 1. The molecule has 5 rings (SSSR count). The summed E-state index contributed by atoms with van der Waals surface area (Å²) in [6.07, 6.45) is 5.74. The lowest BCUT2D eigenvalue weighted by atomic mass is 10.1. The third-order valence-corrected chi connectivity index (χ3v) is 6.13. The van der Waals surface area contributed by atoms with Gasteiger partial charge in [-0.25, -0.2) is 4.98 Å². The Morgan fingerprint density at radius 3 is 2.65 bits per heavy atom. The molecule has 0 unspecified atom stereocenters. The van der Waals surface area contributed by atoms with Crippen LogP contribution >= 0.6 is 11.3 Å². The number of aromatic nitrogens is 3. The van der Waals surface area contributed by atoms with E-state index in [1.165, 1.54) is 0 Å². The van der Waals surface area contributed by atoms with Crippen molar-refractivity contribution >= 4 is 39.1 Å². The van der Waals surface area contributed by atoms with Crippen LogP contribution in [0.5, 0.6) is 5.88 Å². The lowest BCUT2D eigenvalue weighted by molar-refractivity contribution is 0.100. The number of anilines is 2. The molecule has 0 bridgehead atoms. The molecule has 0 atom stereocenters. The molecular weight excluding hydrogens is 412 g/mol. The predicted molar refractivity (Wildman–Crippen MR) is 121 cm³/mol. The van der Waals surface area contributed by atoms with Gasteiger partial charge in [0.25, 0.3) is 5.91 Å². The highest BCUT2D eigenvalue weighted by molar-refractivity contribution is 7.21. The molecule has 1 fully saturated rings. The predicted octanol–water partition coefficient (Wildman–Crippen LogP) is 3.59. The molecule has 0 saturated heterocycles. The van der Waals surface area contributed by atoms with Crippen LogP contribution in [0.1, 0.15) is 28.1 Å². The summed E-state index contributed by atoms with van der Waals surface area (Å²) in [7, 11) is 0. The first-order valence-electron chi connectivity index (χ1n) is 9.87. The SMILES string of the molecule is NC(=O)c1sc2nc(NC3CC3)nc(OCc3ccc(-c4cccnc4)cc3)c2c1N.